The Bertz CT molecular complexity index is 1270. The maximum absolute atomic E-state index is 12.9. The molecule has 0 unspecified atom stereocenters. The Morgan fingerprint density at radius 3 is 2.50 bits per heavy atom. The zero-order valence-corrected chi connectivity index (χ0v) is 19.8. The molecule has 1 N–H and O–H groups in total. The molecule has 0 aliphatic carbocycles. The molecule has 1 aliphatic rings. The van der Waals surface area contributed by atoms with Crippen molar-refractivity contribution in [2.45, 2.75) is 24.9 Å². The van der Waals surface area contributed by atoms with Crippen LogP contribution in [0.5, 0.6) is 17.2 Å². The van der Waals surface area contributed by atoms with Crippen LogP contribution in [0.1, 0.15) is 28.4 Å². The number of hydrogen-bond donors (Lipinski definition) is 1. The predicted octanol–water partition coefficient (Wildman–Crippen LogP) is 3.56. The van der Waals surface area contributed by atoms with Crippen LogP contribution in [0.4, 0.5) is 0 Å². The SMILES string of the molecule is CCOc1ccc(CN(C)C(=O)c2cccc(S(=O)(=O)NCc3ccc4c(c3)OCO4)c2)cc1. The summed E-state index contributed by atoms with van der Waals surface area (Å²) in [6, 6.07) is 18.8. The lowest BCUT2D eigenvalue weighted by Crippen LogP contribution is -2.27. The van der Waals surface area contributed by atoms with Crippen LogP contribution in [-0.2, 0) is 23.1 Å². The second-order valence-corrected chi connectivity index (χ2v) is 9.55. The van der Waals surface area contributed by atoms with Gasteiger partial charge in [-0.25, -0.2) is 13.1 Å². The van der Waals surface area contributed by atoms with E-state index >= 15 is 0 Å². The molecule has 1 aliphatic heterocycles. The molecule has 0 saturated carbocycles. The molecule has 9 heteroatoms. The topological polar surface area (TPSA) is 94.2 Å². The first-order valence-corrected chi connectivity index (χ1v) is 12.3. The van der Waals surface area contributed by atoms with Crippen LogP contribution < -0.4 is 18.9 Å². The third kappa shape index (κ3) is 5.49. The van der Waals surface area contributed by atoms with E-state index in [0.717, 1.165) is 16.9 Å². The summed E-state index contributed by atoms with van der Waals surface area (Å²) < 4.78 is 44.3. The number of carbonyl (C=O) groups is 1. The van der Waals surface area contributed by atoms with Crippen molar-refractivity contribution in [3.8, 4) is 17.2 Å². The fourth-order valence-electron chi connectivity index (χ4n) is 3.53. The number of rotatable bonds is 9. The van der Waals surface area contributed by atoms with E-state index in [1.165, 1.54) is 12.1 Å². The first-order chi connectivity index (χ1) is 16.4. The number of benzene rings is 3. The molecule has 3 aromatic rings. The lowest BCUT2D eigenvalue weighted by atomic mass is 10.1. The number of carbonyl (C=O) groups excluding carboxylic acids is 1. The summed E-state index contributed by atoms with van der Waals surface area (Å²) in [5, 5.41) is 0. The summed E-state index contributed by atoms with van der Waals surface area (Å²) in [6.07, 6.45) is 0. The van der Waals surface area contributed by atoms with Crippen molar-refractivity contribution in [2.75, 3.05) is 20.4 Å². The number of fused-ring (bicyclic) bond motifs is 1. The van der Waals surface area contributed by atoms with Gasteiger partial charge in [0, 0.05) is 25.7 Å². The van der Waals surface area contributed by atoms with Crippen LogP contribution in [0.2, 0.25) is 0 Å². The quantitative estimate of drug-likeness (QED) is 0.501. The highest BCUT2D eigenvalue weighted by molar-refractivity contribution is 7.89. The van der Waals surface area contributed by atoms with Crippen molar-refractivity contribution in [3.63, 3.8) is 0 Å². The van der Waals surface area contributed by atoms with Crippen molar-refractivity contribution in [2.24, 2.45) is 0 Å². The molecule has 0 atom stereocenters. The predicted molar refractivity (Wildman–Crippen MR) is 126 cm³/mol. The number of hydrogen-bond acceptors (Lipinski definition) is 6. The van der Waals surface area contributed by atoms with Gasteiger partial charge in [0.2, 0.25) is 16.8 Å². The zero-order valence-electron chi connectivity index (χ0n) is 19.0. The minimum absolute atomic E-state index is 0.0218. The molecule has 0 spiro atoms. The largest absolute Gasteiger partial charge is 0.494 e. The molecule has 178 valence electrons. The molecular formula is C25H26N2O6S. The van der Waals surface area contributed by atoms with Crippen molar-refractivity contribution in [1.82, 2.24) is 9.62 Å². The van der Waals surface area contributed by atoms with Crippen molar-refractivity contribution in [1.29, 1.82) is 0 Å². The Hall–Kier alpha value is -3.56. The van der Waals surface area contributed by atoms with Gasteiger partial charge in [0.25, 0.3) is 5.91 Å². The molecular weight excluding hydrogens is 456 g/mol. The Morgan fingerprint density at radius 2 is 1.74 bits per heavy atom. The maximum atomic E-state index is 12.9. The van der Waals surface area contributed by atoms with Crippen LogP contribution in [0, 0.1) is 0 Å². The average Bonchev–Trinajstić information content (AvgIpc) is 3.32. The number of sulfonamides is 1. The van der Waals surface area contributed by atoms with Crippen molar-refractivity contribution >= 4 is 15.9 Å². The van der Waals surface area contributed by atoms with Crippen LogP contribution in [0.25, 0.3) is 0 Å². The van der Waals surface area contributed by atoms with E-state index in [2.05, 4.69) is 4.72 Å². The van der Waals surface area contributed by atoms with Crippen LogP contribution in [0.15, 0.2) is 71.6 Å². The van der Waals surface area contributed by atoms with Crippen LogP contribution in [0.3, 0.4) is 0 Å². The van der Waals surface area contributed by atoms with Gasteiger partial charge in [-0.2, -0.15) is 0 Å². The second kappa shape index (κ2) is 10.1. The molecule has 8 nitrogen and oxygen atoms in total. The minimum atomic E-state index is -3.83. The van der Waals surface area contributed by atoms with Gasteiger partial charge in [0.15, 0.2) is 11.5 Å². The standard InChI is InChI=1S/C25H26N2O6S/c1-3-31-21-10-7-18(8-11-21)16-27(2)25(28)20-5-4-6-22(14-20)34(29,30)26-15-19-9-12-23-24(13-19)33-17-32-23/h4-14,26H,3,15-17H2,1-2H3. The first kappa shape index (κ1) is 23.6. The van der Waals surface area contributed by atoms with Gasteiger partial charge in [-0.15, -0.1) is 0 Å². The molecule has 0 fully saturated rings. The van der Waals surface area contributed by atoms with Gasteiger partial charge in [-0.1, -0.05) is 24.3 Å². The van der Waals surface area contributed by atoms with Crippen LogP contribution in [-0.4, -0.2) is 39.7 Å². The van der Waals surface area contributed by atoms with Crippen LogP contribution >= 0.6 is 0 Å². The number of nitrogens with one attached hydrogen (secondary N) is 1. The van der Waals surface area contributed by atoms with Gasteiger partial charge < -0.3 is 19.1 Å². The summed E-state index contributed by atoms with van der Waals surface area (Å²) in [6.45, 7) is 3.11. The maximum Gasteiger partial charge on any atom is 0.253 e. The first-order valence-electron chi connectivity index (χ1n) is 10.8. The molecule has 0 saturated heterocycles. The van der Waals surface area contributed by atoms with E-state index in [1.807, 2.05) is 31.2 Å². The molecule has 1 heterocycles. The lowest BCUT2D eigenvalue weighted by molar-refractivity contribution is 0.0785. The molecule has 0 bridgehead atoms. The number of ether oxygens (including phenoxy) is 3. The third-order valence-electron chi connectivity index (χ3n) is 5.30. The molecule has 34 heavy (non-hydrogen) atoms. The van der Waals surface area contributed by atoms with Crippen molar-refractivity contribution < 1.29 is 27.4 Å². The Kier molecular flexibility index (Phi) is 7.04. The second-order valence-electron chi connectivity index (χ2n) is 7.78. The van der Waals surface area contributed by atoms with Gasteiger partial charge in [-0.3, -0.25) is 4.79 Å². The van der Waals surface area contributed by atoms with E-state index in [1.54, 1.807) is 42.3 Å². The Labute approximate surface area is 199 Å². The molecule has 1 amide bonds. The lowest BCUT2D eigenvalue weighted by Gasteiger charge is -2.18. The monoisotopic (exact) mass is 482 g/mol. The van der Waals surface area contributed by atoms with E-state index in [4.69, 9.17) is 14.2 Å². The van der Waals surface area contributed by atoms with E-state index in [-0.39, 0.29) is 24.1 Å². The molecule has 0 radical (unpaired) electrons. The van der Waals surface area contributed by atoms with Gasteiger partial charge in [-0.05, 0) is 60.5 Å². The van der Waals surface area contributed by atoms with E-state index in [9.17, 15) is 13.2 Å². The summed E-state index contributed by atoms with van der Waals surface area (Å²) in [5.41, 5.74) is 1.96. The fraction of sp³-hybridized carbons (Fsp3) is 0.240. The summed E-state index contributed by atoms with van der Waals surface area (Å²) in [5.74, 6) is 1.71. The number of nitrogens with zero attached hydrogens (tertiary/aromatic N) is 1. The Morgan fingerprint density at radius 1 is 1.00 bits per heavy atom. The van der Waals surface area contributed by atoms with Gasteiger partial charge in [0.05, 0.1) is 11.5 Å². The normalized spacial score (nSPS) is 12.4. The summed E-state index contributed by atoms with van der Waals surface area (Å²) in [4.78, 5) is 14.5. The molecule has 4 rings (SSSR count). The fourth-order valence-corrected chi connectivity index (χ4v) is 4.60. The van der Waals surface area contributed by atoms with E-state index in [0.29, 0.717) is 30.2 Å². The zero-order chi connectivity index (χ0) is 24.1. The number of amides is 1. The molecule has 3 aromatic carbocycles. The third-order valence-corrected chi connectivity index (χ3v) is 6.69. The van der Waals surface area contributed by atoms with Gasteiger partial charge in [0.1, 0.15) is 5.75 Å². The summed E-state index contributed by atoms with van der Waals surface area (Å²) >= 11 is 0. The average molecular weight is 483 g/mol. The highest BCUT2D eigenvalue weighted by Crippen LogP contribution is 2.32. The smallest absolute Gasteiger partial charge is 0.253 e. The van der Waals surface area contributed by atoms with Crippen molar-refractivity contribution in [3.05, 3.63) is 83.4 Å². The minimum Gasteiger partial charge on any atom is -0.494 e. The van der Waals surface area contributed by atoms with Gasteiger partial charge >= 0.3 is 0 Å². The van der Waals surface area contributed by atoms with E-state index < -0.39 is 10.0 Å². The Balaban J connectivity index is 1.41. The highest BCUT2D eigenvalue weighted by Gasteiger charge is 2.19. The highest BCUT2D eigenvalue weighted by atomic mass is 32.2. The molecule has 0 aromatic heterocycles. The summed E-state index contributed by atoms with van der Waals surface area (Å²) in [7, 11) is -2.15.